The summed E-state index contributed by atoms with van der Waals surface area (Å²) in [5, 5.41) is 13.1. The first-order valence-electron chi connectivity index (χ1n) is 10.5. The fourth-order valence-electron chi connectivity index (χ4n) is 3.94. The third-order valence-corrected chi connectivity index (χ3v) is 5.88. The molecule has 0 spiro atoms. The summed E-state index contributed by atoms with van der Waals surface area (Å²) in [6.07, 6.45) is 3.33. The Bertz CT molecular complexity index is 945. The Hall–Kier alpha value is -3.12. The lowest BCUT2D eigenvalue weighted by Gasteiger charge is -2.22. The number of amides is 1. The third kappa shape index (κ3) is 4.39. The molecular weight excluding hydrogens is 376 g/mol. The molecule has 1 saturated carbocycles. The quantitative estimate of drug-likeness (QED) is 0.358. The summed E-state index contributed by atoms with van der Waals surface area (Å²) in [4.78, 5) is 15.2. The molecule has 2 aliphatic rings. The van der Waals surface area contributed by atoms with Crippen molar-refractivity contribution in [1.82, 2.24) is 4.90 Å². The lowest BCUT2D eigenvalue weighted by atomic mass is 9.97. The SMILES string of the molecule is Cc1cccc(NC(=O)/C(OCC2(c3ccccc3)CC2)=C(\C=N)N2CC[NH2+]C2)c1. The van der Waals surface area contributed by atoms with Gasteiger partial charge in [-0.05, 0) is 43.0 Å². The number of carbonyl (C=O) groups is 1. The molecule has 156 valence electrons. The van der Waals surface area contributed by atoms with Crippen molar-refractivity contribution in [3.8, 4) is 0 Å². The van der Waals surface area contributed by atoms with E-state index in [1.165, 1.54) is 11.8 Å². The molecule has 0 aromatic heterocycles. The van der Waals surface area contributed by atoms with Gasteiger partial charge < -0.3 is 25.7 Å². The summed E-state index contributed by atoms with van der Waals surface area (Å²) in [5.41, 5.74) is 3.54. The summed E-state index contributed by atoms with van der Waals surface area (Å²) >= 11 is 0. The highest BCUT2D eigenvalue weighted by atomic mass is 16.5. The first kappa shape index (κ1) is 20.2. The van der Waals surface area contributed by atoms with Gasteiger partial charge in [0.05, 0.1) is 19.7 Å². The number of nitrogens with two attached hydrogens (primary N) is 1. The minimum Gasteiger partial charge on any atom is -0.485 e. The largest absolute Gasteiger partial charge is 0.485 e. The second-order valence-corrected chi connectivity index (χ2v) is 8.14. The molecule has 0 radical (unpaired) electrons. The van der Waals surface area contributed by atoms with Crippen LogP contribution in [0.25, 0.3) is 0 Å². The van der Waals surface area contributed by atoms with Crippen LogP contribution in [0.3, 0.4) is 0 Å². The number of nitrogens with one attached hydrogen (secondary N) is 2. The van der Waals surface area contributed by atoms with Crippen molar-refractivity contribution in [3.63, 3.8) is 0 Å². The Labute approximate surface area is 177 Å². The van der Waals surface area contributed by atoms with Gasteiger partial charge in [0.15, 0.2) is 6.67 Å². The van der Waals surface area contributed by atoms with E-state index in [4.69, 9.17) is 10.1 Å². The lowest BCUT2D eigenvalue weighted by molar-refractivity contribution is -0.642. The maximum Gasteiger partial charge on any atom is 0.293 e. The number of allylic oxidation sites excluding steroid dienone is 1. The van der Waals surface area contributed by atoms with Crippen molar-refractivity contribution >= 4 is 17.8 Å². The van der Waals surface area contributed by atoms with Gasteiger partial charge in [-0.15, -0.1) is 0 Å². The van der Waals surface area contributed by atoms with Crippen LogP contribution in [0.5, 0.6) is 0 Å². The van der Waals surface area contributed by atoms with Gasteiger partial charge in [0.25, 0.3) is 5.91 Å². The van der Waals surface area contributed by atoms with Crippen LogP contribution in [0.2, 0.25) is 0 Å². The smallest absolute Gasteiger partial charge is 0.293 e. The van der Waals surface area contributed by atoms with Crippen LogP contribution in [-0.4, -0.2) is 43.4 Å². The van der Waals surface area contributed by atoms with Crippen LogP contribution >= 0.6 is 0 Å². The van der Waals surface area contributed by atoms with Gasteiger partial charge in [-0.2, -0.15) is 0 Å². The molecule has 1 aliphatic carbocycles. The van der Waals surface area contributed by atoms with Crippen molar-refractivity contribution in [2.75, 3.05) is 31.7 Å². The molecule has 6 nitrogen and oxygen atoms in total. The topological polar surface area (TPSA) is 82.0 Å². The molecule has 1 saturated heterocycles. The van der Waals surface area contributed by atoms with Gasteiger partial charge in [0, 0.05) is 17.3 Å². The van der Waals surface area contributed by atoms with Crippen molar-refractivity contribution in [2.24, 2.45) is 0 Å². The van der Waals surface area contributed by atoms with E-state index in [1.807, 2.05) is 54.3 Å². The zero-order chi connectivity index (χ0) is 21.0. The number of quaternary nitrogens is 1. The van der Waals surface area contributed by atoms with E-state index in [1.54, 1.807) is 0 Å². The molecule has 30 heavy (non-hydrogen) atoms. The molecule has 2 aromatic carbocycles. The standard InChI is InChI=1S/C24H28N4O2/c1-18-6-5-9-20(14-18)27-23(29)22(21(15-25)28-13-12-26-17-28)30-16-24(10-11-24)19-7-3-2-4-8-19/h2-9,14-15,25-26H,10-13,16-17H2,1H3,(H,27,29)/p+1/b22-21-,25-15?. The number of rotatable bonds is 8. The summed E-state index contributed by atoms with van der Waals surface area (Å²) < 4.78 is 6.21. The Kier molecular flexibility index (Phi) is 5.86. The van der Waals surface area contributed by atoms with E-state index in [0.717, 1.165) is 43.9 Å². The molecule has 1 amide bonds. The monoisotopic (exact) mass is 405 g/mol. The van der Waals surface area contributed by atoms with E-state index in [9.17, 15) is 4.79 Å². The molecule has 0 bridgehead atoms. The second kappa shape index (κ2) is 8.71. The molecular formula is C24H29N4O2+. The summed E-state index contributed by atoms with van der Waals surface area (Å²) in [6.45, 7) is 4.88. The molecule has 4 rings (SSSR count). The number of nitrogens with zero attached hydrogens (tertiary/aromatic N) is 1. The van der Waals surface area contributed by atoms with Gasteiger partial charge in [-0.1, -0.05) is 42.5 Å². The second-order valence-electron chi connectivity index (χ2n) is 8.14. The fraction of sp³-hybridized carbons (Fsp3) is 0.333. The maximum absolute atomic E-state index is 13.2. The maximum atomic E-state index is 13.2. The summed E-state index contributed by atoms with van der Waals surface area (Å²) in [5.74, 6) is -0.0844. The van der Waals surface area contributed by atoms with Crippen molar-refractivity contribution in [1.29, 1.82) is 5.41 Å². The van der Waals surface area contributed by atoms with Crippen LogP contribution in [0.1, 0.15) is 24.0 Å². The average molecular weight is 406 g/mol. The number of anilines is 1. The van der Waals surface area contributed by atoms with E-state index in [2.05, 4.69) is 22.8 Å². The third-order valence-electron chi connectivity index (χ3n) is 5.88. The van der Waals surface area contributed by atoms with Crippen LogP contribution in [0, 0.1) is 12.3 Å². The normalized spacial score (nSPS) is 17.8. The summed E-state index contributed by atoms with van der Waals surface area (Å²) in [6, 6.07) is 18.0. The first-order chi connectivity index (χ1) is 14.6. The summed E-state index contributed by atoms with van der Waals surface area (Å²) in [7, 11) is 0. The molecule has 6 heteroatoms. The van der Waals surface area contributed by atoms with Crippen molar-refractivity contribution in [2.45, 2.75) is 25.2 Å². The Balaban J connectivity index is 1.59. The van der Waals surface area contributed by atoms with Crippen molar-refractivity contribution in [3.05, 3.63) is 77.2 Å². The van der Waals surface area contributed by atoms with Gasteiger partial charge in [0.1, 0.15) is 5.70 Å². The van der Waals surface area contributed by atoms with Gasteiger partial charge in [0.2, 0.25) is 5.76 Å². The highest BCUT2D eigenvalue weighted by Crippen LogP contribution is 2.48. The molecule has 0 atom stereocenters. The Morgan fingerprint density at radius 2 is 2.03 bits per heavy atom. The van der Waals surface area contributed by atoms with E-state index in [0.29, 0.717) is 12.3 Å². The number of ether oxygens (including phenoxy) is 1. The van der Waals surface area contributed by atoms with Crippen LogP contribution in [0.15, 0.2) is 66.1 Å². The molecule has 1 aliphatic heterocycles. The first-order valence-corrected chi connectivity index (χ1v) is 10.5. The average Bonchev–Trinajstić information content (AvgIpc) is 3.36. The predicted molar refractivity (Wildman–Crippen MR) is 117 cm³/mol. The van der Waals surface area contributed by atoms with Gasteiger partial charge in [-0.3, -0.25) is 4.79 Å². The van der Waals surface area contributed by atoms with Crippen LogP contribution < -0.4 is 10.6 Å². The molecule has 2 aromatic rings. The van der Waals surface area contributed by atoms with Crippen LogP contribution in [-0.2, 0) is 14.9 Å². The minimum atomic E-state index is -0.310. The Morgan fingerprint density at radius 1 is 1.23 bits per heavy atom. The zero-order valence-electron chi connectivity index (χ0n) is 17.4. The molecule has 1 heterocycles. The fourth-order valence-corrected chi connectivity index (χ4v) is 3.94. The van der Waals surface area contributed by atoms with Crippen LogP contribution in [0.4, 0.5) is 5.69 Å². The number of carbonyl (C=O) groups excluding carboxylic acids is 1. The number of benzene rings is 2. The zero-order valence-corrected chi connectivity index (χ0v) is 17.4. The van der Waals surface area contributed by atoms with E-state index >= 15 is 0 Å². The Morgan fingerprint density at radius 3 is 2.67 bits per heavy atom. The van der Waals surface area contributed by atoms with E-state index in [-0.39, 0.29) is 17.1 Å². The predicted octanol–water partition coefficient (Wildman–Crippen LogP) is 2.38. The number of hydrogen-bond acceptors (Lipinski definition) is 4. The highest BCUT2D eigenvalue weighted by molar-refractivity contribution is 6.05. The number of aryl methyl sites for hydroxylation is 1. The van der Waals surface area contributed by atoms with Gasteiger partial charge in [-0.25, -0.2) is 0 Å². The lowest BCUT2D eigenvalue weighted by Crippen LogP contribution is -2.82. The molecule has 4 N–H and O–H groups in total. The van der Waals surface area contributed by atoms with Crippen molar-refractivity contribution < 1.29 is 14.8 Å². The van der Waals surface area contributed by atoms with Gasteiger partial charge >= 0.3 is 0 Å². The highest BCUT2D eigenvalue weighted by Gasteiger charge is 2.45. The molecule has 2 fully saturated rings. The number of hydrogen-bond donors (Lipinski definition) is 3. The minimum absolute atomic E-state index is 0.0413. The van der Waals surface area contributed by atoms with E-state index < -0.39 is 0 Å². The molecule has 0 unspecified atom stereocenters.